The maximum Gasteiger partial charge on any atom is 0.317 e. The lowest BCUT2D eigenvalue weighted by Gasteiger charge is -2.21. The van der Waals surface area contributed by atoms with E-state index >= 15 is 0 Å². The number of nitrogens with zero attached hydrogens (tertiary/aromatic N) is 2. The van der Waals surface area contributed by atoms with Crippen LogP contribution >= 0.6 is 0 Å². The van der Waals surface area contributed by atoms with Crippen LogP contribution in [0.15, 0.2) is 24.3 Å². The topological polar surface area (TPSA) is 35.6 Å². The number of hydrogen-bond donors (Lipinski definition) is 1. The van der Waals surface area contributed by atoms with Gasteiger partial charge in [-0.3, -0.25) is 0 Å². The normalized spacial score (nSPS) is 26.0. The monoisotopic (exact) mass is 333 g/mol. The molecule has 1 aliphatic heterocycles. The lowest BCUT2D eigenvalue weighted by Crippen LogP contribution is -2.40. The Morgan fingerprint density at radius 3 is 2.96 bits per heavy atom. The molecule has 5 heteroatoms. The summed E-state index contributed by atoms with van der Waals surface area (Å²) in [5, 5.41) is 3.08. The van der Waals surface area contributed by atoms with Crippen molar-refractivity contribution in [1.82, 2.24) is 15.1 Å². The molecule has 0 aromatic heterocycles. The predicted molar refractivity (Wildman–Crippen MR) is 93.5 cm³/mol. The zero-order chi connectivity index (χ0) is 17.1. The molecule has 1 aromatic carbocycles. The molecule has 1 saturated heterocycles. The Balaban J connectivity index is 1.45. The van der Waals surface area contributed by atoms with Crippen molar-refractivity contribution in [1.29, 1.82) is 0 Å². The molecule has 2 amide bonds. The summed E-state index contributed by atoms with van der Waals surface area (Å²) in [6.45, 7) is 6.00. The molecule has 3 unspecified atom stereocenters. The van der Waals surface area contributed by atoms with E-state index in [2.05, 4.69) is 24.2 Å². The van der Waals surface area contributed by atoms with Crippen molar-refractivity contribution in [2.24, 2.45) is 5.92 Å². The third-order valence-corrected chi connectivity index (χ3v) is 5.15. The Bertz CT molecular complexity index is 579. The number of rotatable bonds is 6. The van der Waals surface area contributed by atoms with Crippen LogP contribution in [-0.2, 0) is 0 Å². The molecule has 4 nitrogen and oxygen atoms in total. The first-order valence-corrected chi connectivity index (χ1v) is 9.07. The fourth-order valence-electron chi connectivity index (χ4n) is 3.80. The van der Waals surface area contributed by atoms with Crippen LogP contribution in [0.1, 0.15) is 37.7 Å². The summed E-state index contributed by atoms with van der Waals surface area (Å²) in [7, 11) is 2.15. The molecule has 132 valence electrons. The summed E-state index contributed by atoms with van der Waals surface area (Å²) in [5.74, 6) is 0.526. The highest BCUT2D eigenvalue weighted by Gasteiger charge is 2.42. The number of amides is 2. The SMILES string of the molecule is CCCN(C)CC1CCN(C(=O)NC2CC2c2ccccc2F)C1. The lowest BCUT2D eigenvalue weighted by atomic mass is 10.1. The first kappa shape index (κ1) is 17.2. The molecular formula is C19H28FN3O. The maximum atomic E-state index is 13.8. The van der Waals surface area contributed by atoms with Gasteiger partial charge in [-0.25, -0.2) is 9.18 Å². The van der Waals surface area contributed by atoms with Gasteiger partial charge in [-0.2, -0.15) is 0 Å². The van der Waals surface area contributed by atoms with Crippen molar-refractivity contribution >= 4 is 6.03 Å². The van der Waals surface area contributed by atoms with Crippen LogP contribution in [-0.4, -0.2) is 55.1 Å². The van der Waals surface area contributed by atoms with Crippen LogP contribution in [0.5, 0.6) is 0 Å². The highest BCUT2D eigenvalue weighted by molar-refractivity contribution is 5.75. The van der Waals surface area contributed by atoms with Gasteiger partial charge in [-0.1, -0.05) is 25.1 Å². The van der Waals surface area contributed by atoms with Crippen LogP contribution in [0.25, 0.3) is 0 Å². The zero-order valence-electron chi connectivity index (χ0n) is 14.7. The van der Waals surface area contributed by atoms with E-state index in [1.165, 1.54) is 6.07 Å². The maximum absolute atomic E-state index is 13.8. The average molecular weight is 333 g/mol. The quantitative estimate of drug-likeness (QED) is 0.868. The number of carbonyl (C=O) groups is 1. The largest absolute Gasteiger partial charge is 0.335 e. The van der Waals surface area contributed by atoms with E-state index in [1.54, 1.807) is 6.07 Å². The minimum absolute atomic E-state index is 0.0134. The second kappa shape index (κ2) is 7.51. The Hall–Kier alpha value is -1.62. The molecule has 1 N–H and O–H groups in total. The molecule has 0 spiro atoms. The Morgan fingerprint density at radius 2 is 2.21 bits per heavy atom. The first-order chi connectivity index (χ1) is 11.6. The van der Waals surface area contributed by atoms with Crippen molar-refractivity contribution in [3.05, 3.63) is 35.6 Å². The van der Waals surface area contributed by atoms with Crippen molar-refractivity contribution in [3.8, 4) is 0 Å². The molecule has 3 atom stereocenters. The van der Waals surface area contributed by atoms with Crippen LogP contribution in [0, 0.1) is 11.7 Å². The third-order valence-electron chi connectivity index (χ3n) is 5.15. The van der Waals surface area contributed by atoms with Crippen molar-refractivity contribution < 1.29 is 9.18 Å². The number of halogens is 1. The molecule has 2 fully saturated rings. The Labute approximate surface area is 144 Å². The summed E-state index contributed by atoms with van der Waals surface area (Å²) in [6, 6.07) is 6.96. The van der Waals surface area contributed by atoms with Gasteiger partial charge < -0.3 is 15.1 Å². The van der Waals surface area contributed by atoms with Crippen molar-refractivity contribution in [2.75, 3.05) is 33.2 Å². The summed E-state index contributed by atoms with van der Waals surface area (Å²) < 4.78 is 13.8. The summed E-state index contributed by atoms with van der Waals surface area (Å²) >= 11 is 0. The Morgan fingerprint density at radius 1 is 1.42 bits per heavy atom. The van der Waals surface area contributed by atoms with Crippen LogP contribution < -0.4 is 5.32 Å². The molecule has 2 aliphatic rings. The van der Waals surface area contributed by atoms with E-state index in [0.29, 0.717) is 5.92 Å². The van der Waals surface area contributed by atoms with Gasteiger partial charge in [0.25, 0.3) is 0 Å². The zero-order valence-corrected chi connectivity index (χ0v) is 14.7. The molecule has 1 aliphatic carbocycles. The highest BCUT2D eigenvalue weighted by atomic mass is 19.1. The van der Waals surface area contributed by atoms with Gasteiger partial charge in [0.1, 0.15) is 5.82 Å². The van der Waals surface area contributed by atoms with E-state index in [4.69, 9.17) is 0 Å². The summed E-state index contributed by atoms with van der Waals surface area (Å²) in [5.41, 5.74) is 0.725. The van der Waals surface area contributed by atoms with Gasteiger partial charge in [0.2, 0.25) is 0 Å². The van der Waals surface area contributed by atoms with E-state index in [9.17, 15) is 9.18 Å². The van der Waals surface area contributed by atoms with Gasteiger partial charge in [-0.05, 0) is 50.4 Å². The van der Waals surface area contributed by atoms with Gasteiger partial charge >= 0.3 is 6.03 Å². The second-order valence-corrected chi connectivity index (χ2v) is 7.28. The third kappa shape index (κ3) is 4.07. The summed E-state index contributed by atoms with van der Waals surface area (Å²) in [6.07, 6.45) is 3.07. The fourth-order valence-corrected chi connectivity index (χ4v) is 3.80. The minimum Gasteiger partial charge on any atom is -0.335 e. The van der Waals surface area contributed by atoms with Crippen molar-refractivity contribution in [2.45, 2.75) is 38.1 Å². The van der Waals surface area contributed by atoms with Gasteiger partial charge in [0, 0.05) is 31.6 Å². The van der Waals surface area contributed by atoms with Gasteiger partial charge in [-0.15, -0.1) is 0 Å². The molecule has 24 heavy (non-hydrogen) atoms. The van der Waals surface area contributed by atoms with E-state index in [-0.39, 0.29) is 23.8 Å². The highest BCUT2D eigenvalue weighted by Crippen LogP contribution is 2.42. The molecule has 0 radical (unpaired) electrons. The number of hydrogen-bond acceptors (Lipinski definition) is 2. The molecule has 1 saturated carbocycles. The number of benzene rings is 1. The van der Waals surface area contributed by atoms with Crippen LogP contribution in [0.2, 0.25) is 0 Å². The summed E-state index contributed by atoms with van der Waals surface area (Å²) in [4.78, 5) is 16.7. The van der Waals surface area contributed by atoms with Gasteiger partial charge in [0.15, 0.2) is 0 Å². The standard InChI is InChI=1S/C19H28FN3O/c1-3-9-22(2)12-14-8-10-23(13-14)19(24)21-18-11-16(18)15-6-4-5-7-17(15)20/h4-7,14,16,18H,3,8-13H2,1-2H3,(H,21,24). The smallest absolute Gasteiger partial charge is 0.317 e. The van der Waals surface area contributed by atoms with Crippen LogP contribution in [0.3, 0.4) is 0 Å². The number of urea groups is 1. The number of carbonyl (C=O) groups excluding carboxylic acids is 1. The molecule has 0 bridgehead atoms. The molecule has 1 heterocycles. The predicted octanol–water partition coefficient (Wildman–Crippen LogP) is 3.05. The first-order valence-electron chi connectivity index (χ1n) is 9.07. The molecule has 1 aromatic rings. The fraction of sp³-hybridized carbons (Fsp3) is 0.632. The van der Waals surface area contributed by atoms with E-state index < -0.39 is 0 Å². The van der Waals surface area contributed by atoms with E-state index in [0.717, 1.165) is 51.0 Å². The van der Waals surface area contributed by atoms with Crippen LogP contribution in [0.4, 0.5) is 9.18 Å². The van der Waals surface area contributed by atoms with Crippen molar-refractivity contribution in [3.63, 3.8) is 0 Å². The Kier molecular flexibility index (Phi) is 5.39. The number of likely N-dealkylation sites (tertiary alicyclic amines) is 1. The number of nitrogens with one attached hydrogen (secondary N) is 1. The second-order valence-electron chi connectivity index (χ2n) is 7.28. The molecular weight excluding hydrogens is 305 g/mol. The lowest BCUT2D eigenvalue weighted by molar-refractivity contribution is 0.203. The molecule has 3 rings (SSSR count). The minimum atomic E-state index is -0.167. The average Bonchev–Trinajstić information content (AvgIpc) is 3.14. The van der Waals surface area contributed by atoms with Gasteiger partial charge in [0.05, 0.1) is 0 Å². The van der Waals surface area contributed by atoms with E-state index in [1.807, 2.05) is 17.0 Å².